The van der Waals surface area contributed by atoms with Crippen LogP contribution in [0, 0.1) is 17.1 Å². The van der Waals surface area contributed by atoms with Gasteiger partial charge in [0.25, 0.3) is 0 Å². The van der Waals surface area contributed by atoms with E-state index in [2.05, 4.69) is 27.4 Å². The number of nitriles is 1. The molecule has 4 saturated heterocycles. The standard InChI is InChI=1S/C35H32ClFN6O2/c1-2-28(44)42-16-11-26-27(42)19-43(26)33-23(17-38)34(45-20-35-12-5-14-41(35)15-6-13-35)40-32-24(33)18-39-31(30(32)37)22-9-3-7-21-8-4-10-25(36)29(21)22/h2-4,7-10,18,26-27H,1,5-6,11-16,19-20H2/t26-,27-/m1/s1. The van der Waals surface area contributed by atoms with Gasteiger partial charge in [-0.3, -0.25) is 14.7 Å². The van der Waals surface area contributed by atoms with Crippen LogP contribution in [-0.2, 0) is 4.79 Å². The lowest BCUT2D eigenvalue weighted by molar-refractivity contribution is -0.127. The summed E-state index contributed by atoms with van der Waals surface area (Å²) in [7, 11) is 0. The Bertz CT molecular complexity index is 1930. The molecule has 0 saturated carbocycles. The van der Waals surface area contributed by atoms with Crippen LogP contribution in [0.4, 0.5) is 10.1 Å². The van der Waals surface area contributed by atoms with Gasteiger partial charge in [-0.1, -0.05) is 48.5 Å². The van der Waals surface area contributed by atoms with Gasteiger partial charge >= 0.3 is 0 Å². The smallest absolute Gasteiger partial charge is 0.246 e. The van der Waals surface area contributed by atoms with Crippen molar-refractivity contribution in [3.05, 3.63) is 71.7 Å². The Labute approximate surface area is 265 Å². The van der Waals surface area contributed by atoms with Gasteiger partial charge in [0.1, 0.15) is 29.5 Å². The van der Waals surface area contributed by atoms with E-state index in [0.29, 0.717) is 46.7 Å². The molecule has 2 aromatic carbocycles. The number of amides is 1. The number of ether oxygens (including phenoxy) is 1. The molecule has 0 radical (unpaired) electrons. The lowest BCUT2D eigenvalue weighted by Gasteiger charge is -2.48. The van der Waals surface area contributed by atoms with E-state index in [1.807, 2.05) is 35.2 Å². The molecule has 4 aliphatic rings. The number of fused-ring (bicyclic) bond motifs is 4. The number of hydrogen-bond donors (Lipinski definition) is 0. The van der Waals surface area contributed by atoms with E-state index >= 15 is 4.39 Å². The summed E-state index contributed by atoms with van der Waals surface area (Å²) in [6.07, 6.45) is 7.97. The van der Waals surface area contributed by atoms with Gasteiger partial charge in [0.15, 0.2) is 5.82 Å². The third-order valence-corrected chi connectivity index (χ3v) is 10.8. The Kier molecular flexibility index (Phi) is 6.70. The van der Waals surface area contributed by atoms with Gasteiger partial charge in [-0.2, -0.15) is 5.26 Å². The zero-order valence-electron chi connectivity index (χ0n) is 24.8. The minimum Gasteiger partial charge on any atom is -0.475 e. The average molecular weight is 623 g/mol. The number of pyridine rings is 2. The number of likely N-dealkylation sites (tertiary alicyclic amines) is 1. The highest BCUT2D eigenvalue weighted by Crippen LogP contribution is 2.46. The molecule has 0 N–H and O–H groups in total. The first-order valence-electron chi connectivity index (χ1n) is 15.6. The highest BCUT2D eigenvalue weighted by atomic mass is 35.5. The van der Waals surface area contributed by atoms with E-state index in [0.717, 1.165) is 50.6 Å². The number of anilines is 1. The molecule has 8 nitrogen and oxygen atoms in total. The van der Waals surface area contributed by atoms with Gasteiger partial charge in [-0.25, -0.2) is 9.37 Å². The third-order valence-electron chi connectivity index (χ3n) is 10.5. The van der Waals surface area contributed by atoms with Gasteiger partial charge < -0.3 is 14.5 Å². The van der Waals surface area contributed by atoms with Crippen molar-refractivity contribution in [3.63, 3.8) is 0 Å². The van der Waals surface area contributed by atoms with Crippen LogP contribution in [0.25, 0.3) is 32.9 Å². The molecule has 4 aliphatic heterocycles. The predicted molar refractivity (Wildman–Crippen MR) is 172 cm³/mol. The van der Waals surface area contributed by atoms with Crippen molar-refractivity contribution in [3.8, 4) is 23.2 Å². The highest BCUT2D eigenvalue weighted by Gasteiger charge is 2.50. The van der Waals surface area contributed by atoms with Crippen LogP contribution >= 0.6 is 11.6 Å². The number of hydrogen-bond acceptors (Lipinski definition) is 7. The van der Waals surface area contributed by atoms with Crippen LogP contribution in [0.5, 0.6) is 5.88 Å². The fourth-order valence-electron chi connectivity index (χ4n) is 8.27. The first-order valence-corrected chi connectivity index (χ1v) is 16.0. The van der Waals surface area contributed by atoms with Crippen LogP contribution in [0.3, 0.4) is 0 Å². The quantitative estimate of drug-likeness (QED) is 0.240. The maximum absolute atomic E-state index is 16.8. The van der Waals surface area contributed by atoms with E-state index in [1.54, 1.807) is 12.3 Å². The van der Waals surface area contributed by atoms with Crippen LogP contribution in [-0.4, -0.2) is 76.1 Å². The number of nitrogens with zero attached hydrogens (tertiary/aromatic N) is 6. The first-order chi connectivity index (χ1) is 21.9. The number of carbonyl (C=O) groups excluding carboxylic acids is 1. The molecule has 2 aromatic heterocycles. The number of benzene rings is 2. The van der Waals surface area contributed by atoms with E-state index in [-0.39, 0.29) is 46.2 Å². The molecule has 0 unspecified atom stereocenters. The Morgan fingerprint density at radius 3 is 2.71 bits per heavy atom. The molecular formula is C35H32ClFN6O2. The number of halogens is 2. The second-order valence-electron chi connectivity index (χ2n) is 12.6. The van der Waals surface area contributed by atoms with Crippen LogP contribution in [0.2, 0.25) is 5.02 Å². The van der Waals surface area contributed by atoms with Crippen molar-refractivity contribution < 1.29 is 13.9 Å². The van der Waals surface area contributed by atoms with E-state index in [1.165, 1.54) is 6.08 Å². The molecule has 6 heterocycles. The topological polar surface area (TPSA) is 85.6 Å². The second-order valence-corrected chi connectivity index (χ2v) is 13.0. The lowest BCUT2D eigenvalue weighted by atomic mass is 9.93. The summed E-state index contributed by atoms with van der Waals surface area (Å²) in [5.41, 5.74) is 1.56. The molecule has 4 fully saturated rings. The van der Waals surface area contributed by atoms with Crippen LogP contribution in [0.1, 0.15) is 37.7 Å². The molecule has 0 aliphatic carbocycles. The summed E-state index contributed by atoms with van der Waals surface area (Å²) in [6.45, 7) is 7.24. The molecule has 10 heteroatoms. The summed E-state index contributed by atoms with van der Waals surface area (Å²) in [5.74, 6) is -0.557. The van der Waals surface area contributed by atoms with Crippen molar-refractivity contribution in [1.82, 2.24) is 19.8 Å². The Balaban J connectivity index is 1.28. The van der Waals surface area contributed by atoms with E-state index < -0.39 is 5.82 Å². The van der Waals surface area contributed by atoms with Gasteiger partial charge in [0.2, 0.25) is 11.8 Å². The maximum Gasteiger partial charge on any atom is 0.246 e. The Hall–Kier alpha value is -4.26. The van der Waals surface area contributed by atoms with Gasteiger partial charge in [-0.05, 0) is 62.7 Å². The Morgan fingerprint density at radius 2 is 1.96 bits per heavy atom. The number of aromatic nitrogens is 2. The second kappa shape index (κ2) is 10.7. The summed E-state index contributed by atoms with van der Waals surface area (Å²) >= 11 is 6.62. The molecule has 2 atom stereocenters. The predicted octanol–water partition coefficient (Wildman–Crippen LogP) is 6.10. The van der Waals surface area contributed by atoms with E-state index in [4.69, 9.17) is 21.3 Å². The third kappa shape index (κ3) is 4.23. The molecular weight excluding hydrogens is 591 g/mol. The zero-order valence-corrected chi connectivity index (χ0v) is 25.6. The fraction of sp³-hybridized carbons (Fsp3) is 0.371. The monoisotopic (exact) mass is 622 g/mol. The van der Waals surface area contributed by atoms with Crippen molar-refractivity contribution in [2.45, 2.75) is 49.7 Å². The number of rotatable bonds is 6. The largest absolute Gasteiger partial charge is 0.475 e. The van der Waals surface area contributed by atoms with Gasteiger partial charge in [-0.15, -0.1) is 0 Å². The molecule has 8 rings (SSSR count). The fourth-order valence-corrected chi connectivity index (χ4v) is 8.55. The Morgan fingerprint density at radius 1 is 1.18 bits per heavy atom. The highest BCUT2D eigenvalue weighted by molar-refractivity contribution is 6.36. The summed E-state index contributed by atoms with van der Waals surface area (Å²) in [6, 6.07) is 13.5. The minimum atomic E-state index is -0.594. The van der Waals surface area contributed by atoms with E-state index in [9.17, 15) is 10.1 Å². The molecule has 45 heavy (non-hydrogen) atoms. The van der Waals surface area contributed by atoms with Crippen LogP contribution < -0.4 is 9.64 Å². The number of carbonyl (C=O) groups is 1. The molecule has 1 amide bonds. The SMILES string of the molecule is C=CC(=O)N1CC[C@@H]2[C@H]1CN2c1c(C#N)c(OCC23CCCN2CCC3)nc2c(F)c(-c3cccc4cccc(Cl)c34)ncc12. The average Bonchev–Trinajstić information content (AvgIpc) is 3.72. The summed E-state index contributed by atoms with van der Waals surface area (Å²) in [4.78, 5) is 28.3. The lowest BCUT2D eigenvalue weighted by Crippen LogP contribution is -2.63. The molecule has 0 bridgehead atoms. The first kappa shape index (κ1) is 28.2. The van der Waals surface area contributed by atoms with Crippen molar-refractivity contribution in [1.29, 1.82) is 5.26 Å². The van der Waals surface area contributed by atoms with Gasteiger partial charge in [0.05, 0.1) is 23.3 Å². The summed E-state index contributed by atoms with van der Waals surface area (Å²) in [5, 5.41) is 13.1. The molecule has 228 valence electrons. The zero-order chi connectivity index (χ0) is 30.9. The van der Waals surface area contributed by atoms with Crippen molar-refractivity contribution >= 4 is 44.9 Å². The molecule has 0 spiro atoms. The maximum atomic E-state index is 16.8. The van der Waals surface area contributed by atoms with Gasteiger partial charge in [0, 0.05) is 40.6 Å². The van der Waals surface area contributed by atoms with Crippen molar-refractivity contribution in [2.75, 3.05) is 37.7 Å². The normalized spacial score (nSPS) is 21.9. The minimum absolute atomic E-state index is 0.00560. The van der Waals surface area contributed by atoms with Crippen LogP contribution in [0.15, 0.2) is 55.3 Å². The van der Waals surface area contributed by atoms with Crippen molar-refractivity contribution in [2.24, 2.45) is 0 Å². The molecule has 4 aromatic rings. The summed E-state index contributed by atoms with van der Waals surface area (Å²) < 4.78 is 23.3.